The van der Waals surface area contributed by atoms with Crippen LogP contribution < -0.4 is 0 Å². The van der Waals surface area contributed by atoms with Gasteiger partial charge in [-0.05, 0) is 61.9 Å². The molecule has 1 aromatic heterocycles. The molecule has 0 amide bonds. The number of hydrogen-bond acceptors (Lipinski definition) is 3. The zero-order valence-electron chi connectivity index (χ0n) is 10.6. The molecule has 17 heavy (non-hydrogen) atoms. The Morgan fingerprint density at radius 1 is 0.882 bits per heavy atom. The highest BCUT2D eigenvalue weighted by molar-refractivity contribution is 7.98. The molecular weight excluding hydrogens is 228 g/mol. The molecule has 0 bridgehead atoms. The number of thioether (sulfide) groups is 1. The van der Waals surface area contributed by atoms with Gasteiger partial charge in [0, 0.05) is 5.56 Å². The summed E-state index contributed by atoms with van der Waals surface area (Å²) in [5.41, 5.74) is 5.98. The number of aromatic nitrogens is 2. The van der Waals surface area contributed by atoms with E-state index in [1.54, 1.807) is 11.8 Å². The van der Waals surface area contributed by atoms with Crippen LogP contribution in [0.4, 0.5) is 0 Å². The standard InChI is InChI=1S/C14H16N2S/c1-9-7-11(3)12(8-10(9)2)13-5-6-14(17-4)16-15-13/h5-8H,1-4H3. The van der Waals surface area contributed by atoms with Gasteiger partial charge in [0.15, 0.2) is 0 Å². The van der Waals surface area contributed by atoms with Crippen molar-refractivity contribution in [3.05, 3.63) is 41.0 Å². The summed E-state index contributed by atoms with van der Waals surface area (Å²) in [5.74, 6) is 0. The van der Waals surface area contributed by atoms with Gasteiger partial charge in [0.25, 0.3) is 0 Å². The Labute approximate surface area is 106 Å². The lowest BCUT2D eigenvalue weighted by molar-refractivity contribution is 0.936. The van der Waals surface area contributed by atoms with E-state index in [9.17, 15) is 0 Å². The number of nitrogens with zero attached hydrogens (tertiary/aromatic N) is 2. The Hall–Kier alpha value is -1.35. The minimum absolute atomic E-state index is 0.948. The second-order valence-electron chi connectivity index (χ2n) is 4.21. The summed E-state index contributed by atoms with van der Waals surface area (Å²) in [6.07, 6.45) is 2.00. The molecule has 1 aromatic carbocycles. The highest BCUT2D eigenvalue weighted by Crippen LogP contribution is 2.25. The molecule has 0 unspecified atom stereocenters. The third kappa shape index (κ3) is 2.50. The van der Waals surface area contributed by atoms with Crippen LogP contribution in [0.25, 0.3) is 11.3 Å². The number of hydrogen-bond donors (Lipinski definition) is 0. The Balaban J connectivity index is 2.48. The second-order valence-corrected chi connectivity index (χ2v) is 5.04. The highest BCUT2D eigenvalue weighted by Gasteiger charge is 2.06. The molecule has 0 spiro atoms. The van der Waals surface area contributed by atoms with Crippen LogP contribution in [-0.2, 0) is 0 Å². The minimum Gasteiger partial charge on any atom is -0.149 e. The van der Waals surface area contributed by atoms with Gasteiger partial charge in [-0.25, -0.2) is 0 Å². The molecule has 0 aliphatic rings. The van der Waals surface area contributed by atoms with Crippen molar-refractivity contribution in [2.24, 2.45) is 0 Å². The van der Waals surface area contributed by atoms with Crippen LogP contribution in [0, 0.1) is 20.8 Å². The Bertz CT molecular complexity index is 533. The number of rotatable bonds is 2. The molecule has 0 aliphatic heterocycles. The van der Waals surface area contributed by atoms with E-state index in [4.69, 9.17) is 0 Å². The van der Waals surface area contributed by atoms with Crippen LogP contribution in [0.1, 0.15) is 16.7 Å². The Morgan fingerprint density at radius 3 is 2.18 bits per heavy atom. The predicted octanol–water partition coefficient (Wildman–Crippen LogP) is 3.79. The SMILES string of the molecule is CSc1ccc(-c2cc(C)c(C)cc2C)nn1. The molecule has 0 saturated carbocycles. The van der Waals surface area contributed by atoms with E-state index in [1.165, 1.54) is 22.3 Å². The summed E-state index contributed by atoms with van der Waals surface area (Å²) in [5, 5.41) is 9.41. The van der Waals surface area contributed by atoms with E-state index in [1.807, 2.05) is 18.4 Å². The molecule has 0 saturated heterocycles. The van der Waals surface area contributed by atoms with Crippen molar-refractivity contribution in [3.63, 3.8) is 0 Å². The van der Waals surface area contributed by atoms with E-state index < -0.39 is 0 Å². The van der Waals surface area contributed by atoms with Crippen LogP contribution in [0.15, 0.2) is 29.3 Å². The molecule has 2 rings (SSSR count). The van der Waals surface area contributed by atoms with Gasteiger partial charge in [-0.15, -0.1) is 22.0 Å². The van der Waals surface area contributed by atoms with Gasteiger partial charge in [-0.1, -0.05) is 6.07 Å². The van der Waals surface area contributed by atoms with Gasteiger partial charge in [-0.2, -0.15) is 0 Å². The van der Waals surface area contributed by atoms with Gasteiger partial charge < -0.3 is 0 Å². The number of benzene rings is 1. The van der Waals surface area contributed by atoms with Crippen molar-refractivity contribution in [1.82, 2.24) is 10.2 Å². The summed E-state index contributed by atoms with van der Waals surface area (Å²) in [4.78, 5) is 0. The molecule has 0 atom stereocenters. The average Bonchev–Trinajstić information content (AvgIpc) is 2.34. The summed E-state index contributed by atoms with van der Waals surface area (Å²) in [7, 11) is 0. The number of aryl methyl sites for hydroxylation is 3. The molecule has 0 N–H and O–H groups in total. The Morgan fingerprint density at radius 2 is 1.59 bits per heavy atom. The first-order chi connectivity index (χ1) is 8.11. The van der Waals surface area contributed by atoms with Gasteiger partial charge in [0.2, 0.25) is 0 Å². The fraction of sp³-hybridized carbons (Fsp3) is 0.286. The van der Waals surface area contributed by atoms with E-state index in [0.29, 0.717) is 0 Å². The molecule has 0 radical (unpaired) electrons. The van der Waals surface area contributed by atoms with Crippen LogP contribution in [0.2, 0.25) is 0 Å². The van der Waals surface area contributed by atoms with Crippen molar-refractivity contribution >= 4 is 11.8 Å². The predicted molar refractivity (Wildman–Crippen MR) is 73.5 cm³/mol. The second kappa shape index (κ2) is 4.88. The lowest BCUT2D eigenvalue weighted by Gasteiger charge is -2.09. The largest absolute Gasteiger partial charge is 0.149 e. The van der Waals surface area contributed by atoms with E-state index >= 15 is 0 Å². The van der Waals surface area contributed by atoms with Crippen LogP contribution >= 0.6 is 11.8 Å². The van der Waals surface area contributed by atoms with Gasteiger partial charge >= 0.3 is 0 Å². The van der Waals surface area contributed by atoms with Crippen LogP contribution in [-0.4, -0.2) is 16.5 Å². The fourth-order valence-electron chi connectivity index (χ4n) is 1.81. The van der Waals surface area contributed by atoms with Crippen molar-refractivity contribution < 1.29 is 0 Å². The molecule has 0 aliphatic carbocycles. The zero-order chi connectivity index (χ0) is 12.4. The first-order valence-electron chi connectivity index (χ1n) is 5.57. The fourth-order valence-corrected chi connectivity index (χ4v) is 2.14. The maximum atomic E-state index is 4.28. The maximum absolute atomic E-state index is 4.28. The summed E-state index contributed by atoms with van der Waals surface area (Å²) in [6, 6.07) is 8.44. The average molecular weight is 244 g/mol. The van der Waals surface area contributed by atoms with E-state index in [2.05, 4.69) is 43.1 Å². The lowest BCUT2D eigenvalue weighted by Crippen LogP contribution is -1.93. The first-order valence-corrected chi connectivity index (χ1v) is 6.80. The molecule has 3 heteroatoms. The van der Waals surface area contributed by atoms with Crippen molar-refractivity contribution in [3.8, 4) is 11.3 Å². The lowest BCUT2D eigenvalue weighted by atomic mass is 9.99. The van der Waals surface area contributed by atoms with Crippen LogP contribution in [0.3, 0.4) is 0 Å². The van der Waals surface area contributed by atoms with Crippen molar-refractivity contribution in [2.75, 3.05) is 6.26 Å². The van der Waals surface area contributed by atoms with Crippen molar-refractivity contribution in [1.29, 1.82) is 0 Å². The third-order valence-electron chi connectivity index (χ3n) is 2.97. The minimum atomic E-state index is 0.948. The first kappa shape index (κ1) is 12.1. The van der Waals surface area contributed by atoms with Gasteiger partial charge in [0.1, 0.15) is 5.03 Å². The van der Waals surface area contributed by atoms with E-state index in [-0.39, 0.29) is 0 Å². The zero-order valence-corrected chi connectivity index (χ0v) is 11.4. The van der Waals surface area contributed by atoms with Crippen LogP contribution in [0.5, 0.6) is 0 Å². The smallest absolute Gasteiger partial charge is 0.119 e. The third-order valence-corrected chi connectivity index (χ3v) is 3.60. The summed E-state index contributed by atoms with van der Waals surface area (Å²) < 4.78 is 0. The monoisotopic (exact) mass is 244 g/mol. The Kier molecular flexibility index (Phi) is 3.48. The van der Waals surface area contributed by atoms with Crippen molar-refractivity contribution in [2.45, 2.75) is 25.8 Å². The quantitative estimate of drug-likeness (QED) is 0.752. The molecule has 88 valence electrons. The normalized spacial score (nSPS) is 10.6. The van der Waals surface area contributed by atoms with Gasteiger partial charge in [0.05, 0.1) is 5.69 Å². The molecule has 2 nitrogen and oxygen atoms in total. The van der Waals surface area contributed by atoms with E-state index in [0.717, 1.165) is 10.7 Å². The maximum Gasteiger partial charge on any atom is 0.119 e. The summed E-state index contributed by atoms with van der Waals surface area (Å²) in [6.45, 7) is 6.38. The molecule has 0 fully saturated rings. The van der Waals surface area contributed by atoms with Gasteiger partial charge in [-0.3, -0.25) is 0 Å². The molecule has 1 heterocycles. The summed E-state index contributed by atoms with van der Waals surface area (Å²) >= 11 is 1.61. The topological polar surface area (TPSA) is 25.8 Å². The molecular formula is C14H16N2S. The molecule has 2 aromatic rings. The highest BCUT2D eigenvalue weighted by atomic mass is 32.2.